The highest BCUT2D eigenvalue weighted by molar-refractivity contribution is 5.46. The first-order valence-corrected chi connectivity index (χ1v) is 7.65. The van der Waals surface area contributed by atoms with E-state index in [9.17, 15) is 5.11 Å². The zero-order valence-corrected chi connectivity index (χ0v) is 12.9. The molecule has 0 saturated carbocycles. The summed E-state index contributed by atoms with van der Waals surface area (Å²) in [4.78, 5) is 0. The number of ether oxygens (including phenoxy) is 3. The summed E-state index contributed by atoms with van der Waals surface area (Å²) < 4.78 is 16.2. The lowest BCUT2D eigenvalue weighted by molar-refractivity contribution is -0.221. The summed E-state index contributed by atoms with van der Waals surface area (Å²) in [6.07, 6.45) is 0.533. The quantitative estimate of drug-likeness (QED) is 0.629. The normalized spacial score (nSPS) is 25.0. The van der Waals surface area contributed by atoms with Gasteiger partial charge in [0.15, 0.2) is 6.29 Å². The highest BCUT2D eigenvalue weighted by atomic mass is 16.7. The molecule has 3 atom stereocenters. The van der Waals surface area contributed by atoms with Gasteiger partial charge in [0, 0.05) is 25.1 Å². The molecule has 2 rings (SSSR count). The second-order valence-electron chi connectivity index (χ2n) is 5.38. The van der Waals surface area contributed by atoms with Crippen LogP contribution in [0.25, 0.3) is 0 Å². The van der Waals surface area contributed by atoms with Crippen molar-refractivity contribution in [3.8, 4) is 5.75 Å². The van der Waals surface area contributed by atoms with Crippen LogP contribution in [0.1, 0.15) is 19.3 Å². The van der Waals surface area contributed by atoms with Gasteiger partial charge < -0.3 is 29.7 Å². The topological polar surface area (TPSA) is 80.2 Å². The number of hydrogen-bond acceptors (Lipinski definition) is 6. The minimum Gasteiger partial charge on any atom is -0.497 e. The fraction of sp³-hybridized carbons (Fsp3) is 0.625. The number of anilines is 1. The van der Waals surface area contributed by atoms with Gasteiger partial charge in [-0.05, 0) is 30.7 Å². The predicted octanol–water partition coefficient (Wildman–Crippen LogP) is 1.37. The third-order valence-corrected chi connectivity index (χ3v) is 3.59. The Bertz CT molecular complexity index is 425. The van der Waals surface area contributed by atoms with Crippen LogP contribution < -0.4 is 10.1 Å². The number of nitrogens with one attached hydrogen (secondary N) is 1. The van der Waals surface area contributed by atoms with Crippen LogP contribution in [0.5, 0.6) is 5.75 Å². The summed E-state index contributed by atoms with van der Waals surface area (Å²) in [5.74, 6) is 0.834. The van der Waals surface area contributed by atoms with Crippen molar-refractivity contribution >= 4 is 5.69 Å². The van der Waals surface area contributed by atoms with E-state index in [0.29, 0.717) is 19.4 Å². The number of aliphatic hydroxyl groups is 2. The minimum absolute atomic E-state index is 0.0874. The lowest BCUT2D eigenvalue weighted by Gasteiger charge is -2.32. The Labute approximate surface area is 131 Å². The fourth-order valence-corrected chi connectivity index (χ4v) is 2.40. The minimum atomic E-state index is -0.465. The van der Waals surface area contributed by atoms with Gasteiger partial charge in [-0.1, -0.05) is 0 Å². The summed E-state index contributed by atoms with van der Waals surface area (Å²) in [5, 5.41) is 22.1. The maximum absolute atomic E-state index is 9.68. The van der Waals surface area contributed by atoms with Gasteiger partial charge in [0.2, 0.25) is 0 Å². The first-order valence-electron chi connectivity index (χ1n) is 7.65. The second-order valence-corrected chi connectivity index (χ2v) is 5.38. The first-order chi connectivity index (χ1) is 10.7. The van der Waals surface area contributed by atoms with Gasteiger partial charge in [-0.15, -0.1) is 0 Å². The maximum atomic E-state index is 9.68. The Morgan fingerprint density at radius 1 is 1.27 bits per heavy atom. The van der Waals surface area contributed by atoms with Crippen molar-refractivity contribution in [2.75, 3.05) is 32.2 Å². The second kappa shape index (κ2) is 8.95. The summed E-state index contributed by atoms with van der Waals surface area (Å²) in [5.41, 5.74) is 1.03. The highest BCUT2D eigenvalue weighted by Gasteiger charge is 2.28. The summed E-state index contributed by atoms with van der Waals surface area (Å²) in [6, 6.07) is 7.74. The van der Waals surface area contributed by atoms with Crippen LogP contribution in [0.2, 0.25) is 0 Å². The van der Waals surface area contributed by atoms with Crippen LogP contribution in [0.4, 0.5) is 5.69 Å². The molecular weight excluding hydrogens is 286 g/mol. The maximum Gasteiger partial charge on any atom is 0.160 e. The van der Waals surface area contributed by atoms with Gasteiger partial charge in [-0.25, -0.2) is 0 Å². The fourth-order valence-electron chi connectivity index (χ4n) is 2.40. The molecule has 0 aromatic heterocycles. The average molecular weight is 311 g/mol. The molecule has 1 aliphatic heterocycles. The van der Waals surface area contributed by atoms with Gasteiger partial charge in [0.1, 0.15) is 5.75 Å². The number of aliphatic hydroxyl groups excluding tert-OH is 2. The predicted molar refractivity (Wildman–Crippen MR) is 83.0 cm³/mol. The van der Waals surface area contributed by atoms with Crippen LogP contribution in [0.15, 0.2) is 24.3 Å². The number of methoxy groups -OCH3 is 1. The Morgan fingerprint density at radius 2 is 2.05 bits per heavy atom. The van der Waals surface area contributed by atoms with E-state index in [0.717, 1.165) is 24.4 Å². The first kappa shape index (κ1) is 17.0. The Balaban J connectivity index is 1.60. The summed E-state index contributed by atoms with van der Waals surface area (Å²) in [6.45, 7) is 1.24. The Morgan fingerprint density at radius 3 is 2.73 bits per heavy atom. The van der Waals surface area contributed by atoms with Crippen LogP contribution in [-0.2, 0) is 9.47 Å². The van der Waals surface area contributed by atoms with Crippen molar-refractivity contribution in [2.45, 2.75) is 37.8 Å². The lowest BCUT2D eigenvalue weighted by atomic mass is 10.1. The molecule has 22 heavy (non-hydrogen) atoms. The van der Waals surface area contributed by atoms with Crippen LogP contribution >= 0.6 is 0 Å². The van der Waals surface area contributed by atoms with Crippen molar-refractivity contribution in [3.63, 3.8) is 0 Å². The smallest absolute Gasteiger partial charge is 0.160 e. The van der Waals surface area contributed by atoms with Crippen LogP contribution in [-0.4, -0.2) is 55.6 Å². The molecule has 1 saturated heterocycles. The molecule has 3 unspecified atom stereocenters. The van der Waals surface area contributed by atoms with E-state index in [2.05, 4.69) is 5.32 Å². The van der Waals surface area contributed by atoms with Crippen molar-refractivity contribution in [1.29, 1.82) is 0 Å². The Kier molecular flexibility index (Phi) is 6.92. The van der Waals surface area contributed by atoms with E-state index in [4.69, 9.17) is 19.3 Å². The van der Waals surface area contributed by atoms with Gasteiger partial charge in [0.25, 0.3) is 0 Å². The van der Waals surface area contributed by atoms with Crippen molar-refractivity contribution in [2.24, 2.45) is 0 Å². The monoisotopic (exact) mass is 311 g/mol. The van der Waals surface area contributed by atoms with Gasteiger partial charge in [-0.3, -0.25) is 0 Å². The van der Waals surface area contributed by atoms with Crippen molar-refractivity contribution in [1.82, 2.24) is 0 Å². The van der Waals surface area contributed by atoms with E-state index in [1.54, 1.807) is 7.11 Å². The zero-order chi connectivity index (χ0) is 15.8. The molecule has 0 spiro atoms. The molecular formula is C16H25NO5. The molecule has 0 bridgehead atoms. The van der Waals surface area contributed by atoms with Crippen molar-refractivity contribution in [3.05, 3.63) is 24.3 Å². The SMILES string of the molecule is COc1ccc(NCCCOC2CC(O)CC(CO)O2)cc1. The third kappa shape index (κ3) is 5.46. The molecule has 0 amide bonds. The average Bonchev–Trinajstić information content (AvgIpc) is 2.54. The number of rotatable bonds is 8. The molecule has 6 heteroatoms. The third-order valence-electron chi connectivity index (χ3n) is 3.59. The molecule has 0 aliphatic carbocycles. The summed E-state index contributed by atoms with van der Waals surface area (Å²) >= 11 is 0. The van der Waals surface area contributed by atoms with Crippen LogP contribution in [0, 0.1) is 0 Å². The van der Waals surface area contributed by atoms with E-state index in [1.165, 1.54) is 0 Å². The molecule has 1 aromatic carbocycles. The molecule has 0 radical (unpaired) electrons. The van der Waals surface area contributed by atoms with Gasteiger partial charge >= 0.3 is 0 Å². The molecule has 124 valence electrons. The van der Waals surface area contributed by atoms with Gasteiger partial charge in [-0.2, -0.15) is 0 Å². The van der Waals surface area contributed by atoms with Crippen molar-refractivity contribution < 1.29 is 24.4 Å². The number of benzene rings is 1. The standard InChI is InChI=1S/C16H25NO5/c1-20-14-5-3-12(4-6-14)17-7-2-8-21-16-10-13(19)9-15(11-18)22-16/h3-6,13,15-19H,2,7-11H2,1H3. The molecule has 1 fully saturated rings. The van der Waals surface area contributed by atoms with E-state index in [-0.39, 0.29) is 12.7 Å². The van der Waals surface area contributed by atoms with Crippen LogP contribution in [0.3, 0.4) is 0 Å². The van der Waals surface area contributed by atoms with Gasteiger partial charge in [0.05, 0.1) is 32.5 Å². The molecule has 6 nitrogen and oxygen atoms in total. The molecule has 1 heterocycles. The van der Waals surface area contributed by atoms with E-state index < -0.39 is 12.4 Å². The zero-order valence-electron chi connectivity index (χ0n) is 12.9. The number of hydrogen-bond donors (Lipinski definition) is 3. The highest BCUT2D eigenvalue weighted by Crippen LogP contribution is 2.20. The molecule has 1 aliphatic rings. The Hall–Kier alpha value is -1.34. The lowest BCUT2D eigenvalue weighted by Crippen LogP contribution is -2.39. The molecule has 1 aromatic rings. The summed E-state index contributed by atoms with van der Waals surface area (Å²) in [7, 11) is 1.64. The molecule has 3 N–H and O–H groups in total. The largest absolute Gasteiger partial charge is 0.497 e. The van der Waals surface area contributed by atoms with E-state index in [1.807, 2.05) is 24.3 Å². The van der Waals surface area contributed by atoms with E-state index >= 15 is 0 Å².